The van der Waals surface area contributed by atoms with Crippen LogP contribution in [-0.4, -0.2) is 59.3 Å². The summed E-state index contributed by atoms with van der Waals surface area (Å²) in [4.78, 5) is 10.3. The molecule has 0 bridgehead atoms. The first kappa shape index (κ1) is 14.6. The Balaban J connectivity index is 1.86. The van der Waals surface area contributed by atoms with Crippen LogP contribution in [0.1, 0.15) is 19.8 Å². The highest BCUT2D eigenvalue weighted by molar-refractivity contribution is 7.89. The van der Waals surface area contributed by atoms with Gasteiger partial charge in [-0.05, 0) is 26.3 Å². The minimum absolute atomic E-state index is 0.0448. The number of nitrogens with zero attached hydrogens (tertiary/aromatic N) is 4. The summed E-state index contributed by atoms with van der Waals surface area (Å²) < 4.78 is 27.1. The molecule has 116 valence electrons. The number of rotatable bonds is 3. The maximum Gasteiger partial charge on any atom is 0.246 e. The van der Waals surface area contributed by atoms with Crippen LogP contribution in [0, 0.1) is 0 Å². The van der Waals surface area contributed by atoms with Crippen LogP contribution in [0.25, 0.3) is 0 Å². The van der Waals surface area contributed by atoms with E-state index in [-0.39, 0.29) is 16.9 Å². The van der Waals surface area contributed by atoms with E-state index in [1.165, 1.54) is 12.4 Å². The van der Waals surface area contributed by atoms with E-state index in [0.29, 0.717) is 12.6 Å². The molecule has 3 N–H and O–H groups in total. The van der Waals surface area contributed by atoms with Crippen molar-refractivity contribution < 1.29 is 8.42 Å². The molecule has 2 aliphatic heterocycles. The van der Waals surface area contributed by atoms with Crippen LogP contribution in [0.5, 0.6) is 0 Å². The molecule has 0 aromatic carbocycles. The number of hydrazine groups is 1. The van der Waals surface area contributed by atoms with E-state index in [2.05, 4.69) is 20.3 Å². The minimum atomic E-state index is -3.56. The summed E-state index contributed by atoms with van der Waals surface area (Å²) in [6.07, 6.45) is 4.80. The number of nitrogens with one attached hydrogen (secondary N) is 1. The Labute approximate surface area is 124 Å². The summed E-state index contributed by atoms with van der Waals surface area (Å²) in [5.74, 6) is 5.39. The highest BCUT2D eigenvalue weighted by Gasteiger charge is 2.40. The molecule has 2 unspecified atom stereocenters. The fourth-order valence-corrected chi connectivity index (χ4v) is 4.71. The van der Waals surface area contributed by atoms with Crippen LogP contribution >= 0.6 is 0 Å². The summed E-state index contributed by atoms with van der Waals surface area (Å²) in [7, 11) is -3.56. The number of nitrogen functional groups attached to an aromatic ring is 1. The van der Waals surface area contributed by atoms with E-state index in [1.807, 2.05) is 6.92 Å². The van der Waals surface area contributed by atoms with Crippen molar-refractivity contribution in [2.45, 2.75) is 36.7 Å². The third kappa shape index (κ3) is 2.61. The molecule has 0 spiro atoms. The van der Waals surface area contributed by atoms with Gasteiger partial charge in [0.15, 0.2) is 0 Å². The third-order valence-corrected chi connectivity index (χ3v) is 6.18. The zero-order valence-electron chi connectivity index (χ0n) is 11.9. The predicted molar refractivity (Wildman–Crippen MR) is 77.8 cm³/mol. The van der Waals surface area contributed by atoms with Gasteiger partial charge in [0.05, 0.1) is 12.4 Å². The maximum atomic E-state index is 12.8. The van der Waals surface area contributed by atoms with Gasteiger partial charge >= 0.3 is 0 Å². The van der Waals surface area contributed by atoms with Crippen LogP contribution in [0.4, 0.5) is 5.95 Å². The van der Waals surface area contributed by atoms with Gasteiger partial charge in [-0.3, -0.25) is 10.3 Å². The number of sulfonamides is 1. The molecule has 0 radical (unpaired) electrons. The van der Waals surface area contributed by atoms with Crippen LogP contribution in [0.15, 0.2) is 17.3 Å². The molecule has 2 atom stereocenters. The van der Waals surface area contributed by atoms with E-state index in [4.69, 9.17) is 5.84 Å². The van der Waals surface area contributed by atoms with Crippen molar-refractivity contribution in [1.29, 1.82) is 0 Å². The SMILES string of the molecule is CC1CN2CCCC2CN1S(=O)(=O)c1cnc(NN)nc1. The first-order chi connectivity index (χ1) is 10.0. The Morgan fingerprint density at radius 2 is 2.05 bits per heavy atom. The zero-order valence-corrected chi connectivity index (χ0v) is 12.8. The minimum Gasteiger partial charge on any atom is -0.297 e. The lowest BCUT2D eigenvalue weighted by atomic mass is 10.1. The molecule has 0 amide bonds. The van der Waals surface area contributed by atoms with E-state index >= 15 is 0 Å². The third-order valence-electron chi connectivity index (χ3n) is 4.24. The number of nitrogens with two attached hydrogens (primary N) is 1. The van der Waals surface area contributed by atoms with Crippen LogP contribution in [0.3, 0.4) is 0 Å². The smallest absolute Gasteiger partial charge is 0.246 e. The molecule has 1 aromatic rings. The summed E-state index contributed by atoms with van der Waals surface area (Å²) in [5.41, 5.74) is 2.29. The Morgan fingerprint density at radius 1 is 1.33 bits per heavy atom. The number of anilines is 1. The van der Waals surface area contributed by atoms with Crippen molar-refractivity contribution in [2.24, 2.45) is 5.84 Å². The number of fused-ring (bicyclic) bond motifs is 1. The number of hydrogen-bond acceptors (Lipinski definition) is 7. The lowest BCUT2D eigenvalue weighted by molar-refractivity contribution is 0.117. The summed E-state index contributed by atoms with van der Waals surface area (Å²) >= 11 is 0. The van der Waals surface area contributed by atoms with Crippen molar-refractivity contribution in [3.8, 4) is 0 Å². The molecule has 3 heterocycles. The van der Waals surface area contributed by atoms with Gasteiger partial charge in [0.1, 0.15) is 4.90 Å². The number of hydrogen-bond donors (Lipinski definition) is 2. The molecule has 9 heteroatoms. The van der Waals surface area contributed by atoms with E-state index < -0.39 is 10.0 Å². The Morgan fingerprint density at radius 3 is 2.71 bits per heavy atom. The van der Waals surface area contributed by atoms with Crippen molar-refractivity contribution in [2.75, 3.05) is 25.1 Å². The van der Waals surface area contributed by atoms with Crippen LogP contribution in [0.2, 0.25) is 0 Å². The zero-order chi connectivity index (χ0) is 15.0. The van der Waals surface area contributed by atoms with Gasteiger partial charge < -0.3 is 0 Å². The fraction of sp³-hybridized carbons (Fsp3) is 0.667. The van der Waals surface area contributed by atoms with Gasteiger partial charge in [0, 0.05) is 25.2 Å². The van der Waals surface area contributed by atoms with Crippen molar-refractivity contribution in [3.05, 3.63) is 12.4 Å². The van der Waals surface area contributed by atoms with Crippen molar-refractivity contribution >= 4 is 16.0 Å². The summed E-state index contributed by atoms with van der Waals surface area (Å²) in [6.45, 7) is 4.35. The molecule has 2 saturated heterocycles. The van der Waals surface area contributed by atoms with E-state index in [0.717, 1.165) is 25.9 Å². The van der Waals surface area contributed by atoms with Gasteiger partial charge in [-0.15, -0.1) is 0 Å². The van der Waals surface area contributed by atoms with Crippen molar-refractivity contribution in [1.82, 2.24) is 19.2 Å². The molecule has 0 aliphatic carbocycles. The van der Waals surface area contributed by atoms with Gasteiger partial charge in [-0.1, -0.05) is 0 Å². The first-order valence-corrected chi connectivity index (χ1v) is 8.51. The van der Waals surface area contributed by atoms with Crippen LogP contribution < -0.4 is 11.3 Å². The molecule has 8 nitrogen and oxygen atoms in total. The van der Waals surface area contributed by atoms with Crippen LogP contribution in [-0.2, 0) is 10.0 Å². The summed E-state index contributed by atoms with van der Waals surface area (Å²) in [5, 5.41) is 0. The largest absolute Gasteiger partial charge is 0.297 e. The topological polar surface area (TPSA) is 104 Å². The molecule has 2 aliphatic rings. The predicted octanol–water partition coefficient (Wildman–Crippen LogP) is -0.381. The number of piperazine rings is 1. The average Bonchev–Trinajstić information content (AvgIpc) is 2.93. The second kappa shape index (κ2) is 5.48. The number of aromatic nitrogens is 2. The van der Waals surface area contributed by atoms with Gasteiger partial charge in [0.2, 0.25) is 16.0 Å². The molecule has 21 heavy (non-hydrogen) atoms. The highest BCUT2D eigenvalue weighted by Crippen LogP contribution is 2.28. The average molecular weight is 312 g/mol. The monoisotopic (exact) mass is 312 g/mol. The van der Waals surface area contributed by atoms with Crippen molar-refractivity contribution in [3.63, 3.8) is 0 Å². The second-order valence-corrected chi connectivity index (χ2v) is 7.49. The molecule has 1 aromatic heterocycles. The fourth-order valence-electron chi connectivity index (χ4n) is 3.15. The molecule has 2 fully saturated rings. The van der Waals surface area contributed by atoms with E-state index in [9.17, 15) is 8.42 Å². The molecule has 0 saturated carbocycles. The Hall–Kier alpha value is -1.29. The van der Waals surface area contributed by atoms with Gasteiger partial charge in [-0.2, -0.15) is 4.31 Å². The van der Waals surface area contributed by atoms with E-state index in [1.54, 1.807) is 4.31 Å². The standard InChI is InChI=1S/C12H20N6O2S/c1-9-7-17-4-2-3-10(17)8-18(9)21(19,20)11-5-14-12(16-13)15-6-11/h5-6,9-10H,2-4,7-8,13H2,1H3,(H,14,15,16). The van der Waals surface area contributed by atoms with Gasteiger partial charge in [0.25, 0.3) is 0 Å². The lowest BCUT2D eigenvalue weighted by Crippen LogP contribution is -2.56. The molecular formula is C12H20N6O2S. The molecular weight excluding hydrogens is 292 g/mol. The lowest BCUT2D eigenvalue weighted by Gasteiger charge is -2.41. The first-order valence-electron chi connectivity index (χ1n) is 7.07. The normalized spacial score (nSPS) is 27.5. The maximum absolute atomic E-state index is 12.8. The van der Waals surface area contributed by atoms with Gasteiger partial charge in [-0.25, -0.2) is 24.2 Å². The molecule has 3 rings (SSSR count). The highest BCUT2D eigenvalue weighted by atomic mass is 32.2. The quantitative estimate of drug-likeness (QED) is 0.579. The Bertz CT molecular complexity index is 605. The second-order valence-electron chi connectivity index (χ2n) is 5.60. The Kier molecular flexibility index (Phi) is 3.82. The summed E-state index contributed by atoms with van der Waals surface area (Å²) in [6, 6.07) is 0.290.